The number of alkyl halides is 2. The maximum Gasteiger partial charge on any atom is 0.333 e. The fraction of sp³-hybridized carbons (Fsp3) is 0.620. The number of aliphatic hydroxyl groups is 2. The van der Waals surface area contributed by atoms with Gasteiger partial charge in [0.1, 0.15) is 18.8 Å². The second kappa shape index (κ2) is 17.5. The zero-order valence-corrected chi connectivity index (χ0v) is 39.1. The summed E-state index contributed by atoms with van der Waals surface area (Å²) in [5, 5.41) is 39.8. The van der Waals surface area contributed by atoms with Crippen molar-refractivity contribution in [2.75, 3.05) is 31.1 Å². The maximum atomic E-state index is 17.8. The van der Waals surface area contributed by atoms with Crippen LogP contribution in [-0.4, -0.2) is 129 Å². The first-order chi connectivity index (χ1) is 33.0. The molecule has 20 heteroatoms. The summed E-state index contributed by atoms with van der Waals surface area (Å²) in [5.41, 5.74) is -4.57. The number of anilines is 1. The number of Topliss-reactive ketones (excluding diaryl/α,β-unsaturated/α-hetero) is 1. The van der Waals surface area contributed by atoms with Gasteiger partial charge in [-0.25, -0.2) is 13.6 Å². The zero-order chi connectivity index (χ0) is 50.3. The van der Waals surface area contributed by atoms with Crippen LogP contribution in [0.15, 0.2) is 48.1 Å². The predicted molar refractivity (Wildman–Crippen MR) is 240 cm³/mol. The molecule has 5 amide bonds. The molecule has 10 atom stereocenters. The number of fused-ring (bicyclic) bond motifs is 7. The van der Waals surface area contributed by atoms with Crippen LogP contribution in [0.25, 0.3) is 0 Å². The molecule has 376 valence electrons. The van der Waals surface area contributed by atoms with Gasteiger partial charge < -0.3 is 41.0 Å². The lowest BCUT2D eigenvalue weighted by Crippen LogP contribution is -2.76. The van der Waals surface area contributed by atoms with Crippen molar-refractivity contribution in [3.63, 3.8) is 0 Å². The van der Waals surface area contributed by atoms with Gasteiger partial charge in [-0.1, -0.05) is 25.1 Å². The van der Waals surface area contributed by atoms with E-state index in [4.69, 9.17) is 4.84 Å². The van der Waals surface area contributed by atoms with Crippen molar-refractivity contribution in [3.8, 4) is 0 Å². The van der Waals surface area contributed by atoms with Gasteiger partial charge in [-0.3, -0.25) is 38.4 Å². The molecule has 6 N–H and O–H groups in total. The van der Waals surface area contributed by atoms with Gasteiger partial charge in [0.25, 0.3) is 11.8 Å². The van der Waals surface area contributed by atoms with Crippen LogP contribution in [0.1, 0.15) is 96.5 Å². The smallest absolute Gasteiger partial charge is 0.333 e. The molecule has 0 aromatic heterocycles. The number of rotatable bonds is 17. The normalized spacial score (nSPS) is 36.9. The lowest BCUT2D eigenvalue weighted by Gasteiger charge is -2.71. The first-order valence-corrected chi connectivity index (χ1v) is 24.1. The molecule has 2 bridgehead atoms. The Balaban J connectivity index is 0.782. The number of aliphatic hydroxyl groups excluding tert-OH is 2. The number of hydroxylamine groups is 2. The number of imide groups is 1. The van der Waals surface area contributed by atoms with Crippen LogP contribution in [0, 0.1) is 39.4 Å². The summed E-state index contributed by atoms with van der Waals surface area (Å²) in [6, 6.07) is 6.78. The van der Waals surface area contributed by atoms with E-state index in [0.29, 0.717) is 43.7 Å². The van der Waals surface area contributed by atoms with Crippen LogP contribution < -0.4 is 20.9 Å². The minimum absolute atomic E-state index is 0.0402. The van der Waals surface area contributed by atoms with Crippen molar-refractivity contribution in [3.05, 3.63) is 53.6 Å². The molecule has 9 aliphatic rings. The highest BCUT2D eigenvalue weighted by atomic mass is 19.1. The topological polar surface area (TPSA) is 266 Å². The van der Waals surface area contributed by atoms with Crippen LogP contribution in [-0.2, 0) is 54.4 Å². The average molecular weight is 976 g/mol. The number of benzene rings is 1. The molecule has 18 nitrogen and oxygen atoms in total. The number of carboxylic acids is 1. The highest BCUT2D eigenvalue weighted by Gasteiger charge is 2.78. The molecule has 7 aliphatic carbocycles. The number of ketones is 2. The molecule has 0 spiro atoms. The van der Waals surface area contributed by atoms with Gasteiger partial charge >= 0.3 is 11.9 Å². The van der Waals surface area contributed by atoms with E-state index in [0.717, 1.165) is 17.3 Å². The van der Waals surface area contributed by atoms with Gasteiger partial charge in [-0.15, -0.1) is 5.06 Å². The molecule has 2 saturated heterocycles. The SMILES string of the molecule is C[C@]12C=CC(=O)C=C1[C@@H](F)C[C@H]1[C@@H]3C[C@H]4CN(c5ccc(CC67CC(NC(=O)[C@H](CCC(=O)O)NC(=O)CNC(=O)CCC(=O)ON8C(=O)CCC8=O)(C6)C7)cc5)C[C@@]4(C(=O)CO)[C@@]3(C)C[C@H](O)[C@@]12F. The van der Waals surface area contributed by atoms with Crippen LogP contribution in [0.3, 0.4) is 0 Å². The van der Waals surface area contributed by atoms with Gasteiger partial charge in [-0.2, -0.15) is 0 Å². The van der Waals surface area contributed by atoms with Crippen molar-refractivity contribution in [2.24, 2.45) is 39.4 Å². The first kappa shape index (κ1) is 49.1. The maximum absolute atomic E-state index is 17.8. The van der Waals surface area contributed by atoms with Gasteiger partial charge in [0.2, 0.25) is 17.7 Å². The highest BCUT2D eigenvalue weighted by molar-refractivity contribution is 6.02. The Morgan fingerprint density at radius 1 is 0.929 bits per heavy atom. The molecule has 0 unspecified atom stereocenters. The molecule has 6 saturated carbocycles. The molecular weight excluding hydrogens is 917 g/mol. The summed E-state index contributed by atoms with van der Waals surface area (Å²) in [4.78, 5) is 119. The van der Waals surface area contributed by atoms with Crippen molar-refractivity contribution in [1.82, 2.24) is 21.0 Å². The number of allylic oxidation sites excluding steroid dienone is 4. The summed E-state index contributed by atoms with van der Waals surface area (Å²) in [6.07, 6.45) is 1.76. The number of carboxylic acid groups (broad SMARTS) is 1. The Kier molecular flexibility index (Phi) is 12.2. The molecule has 8 fully saturated rings. The monoisotopic (exact) mass is 975 g/mol. The first-order valence-electron chi connectivity index (χ1n) is 24.1. The van der Waals surface area contributed by atoms with Crippen molar-refractivity contribution >= 4 is 58.7 Å². The van der Waals surface area contributed by atoms with E-state index in [1.54, 1.807) is 6.92 Å². The van der Waals surface area contributed by atoms with Gasteiger partial charge in [0.05, 0.1) is 24.5 Å². The van der Waals surface area contributed by atoms with E-state index in [1.807, 2.05) is 31.2 Å². The van der Waals surface area contributed by atoms with Crippen molar-refractivity contribution < 1.29 is 72.1 Å². The van der Waals surface area contributed by atoms with E-state index in [1.165, 1.54) is 12.2 Å². The largest absolute Gasteiger partial charge is 0.481 e. The third-order valence-corrected chi connectivity index (χ3v) is 17.7. The minimum Gasteiger partial charge on any atom is -0.481 e. The summed E-state index contributed by atoms with van der Waals surface area (Å²) >= 11 is 0. The van der Waals surface area contributed by atoms with Crippen molar-refractivity contribution in [1.29, 1.82) is 0 Å². The Hall–Kier alpha value is -5.89. The molecule has 2 aliphatic heterocycles. The number of amides is 5. The van der Waals surface area contributed by atoms with E-state index < -0.39 is 137 Å². The molecular formula is C50H59F2N5O13. The average Bonchev–Trinajstić information content (AvgIpc) is 3.91. The fourth-order valence-electron chi connectivity index (χ4n) is 14.6. The quantitative estimate of drug-likeness (QED) is 0.122. The summed E-state index contributed by atoms with van der Waals surface area (Å²) in [7, 11) is 0. The summed E-state index contributed by atoms with van der Waals surface area (Å²) < 4.78 is 33.9. The number of nitrogens with zero attached hydrogens (tertiary/aromatic N) is 2. The van der Waals surface area contributed by atoms with Crippen molar-refractivity contribution in [2.45, 2.75) is 127 Å². The Morgan fingerprint density at radius 3 is 2.27 bits per heavy atom. The highest BCUT2D eigenvalue weighted by Crippen LogP contribution is 2.75. The number of hydrogen-bond donors (Lipinski definition) is 6. The predicted octanol–water partition coefficient (Wildman–Crippen LogP) is 2.03. The zero-order valence-electron chi connectivity index (χ0n) is 39.1. The number of aliphatic carboxylic acids is 1. The van der Waals surface area contributed by atoms with Gasteiger partial charge in [0.15, 0.2) is 17.2 Å². The van der Waals surface area contributed by atoms with Crippen LogP contribution in [0.5, 0.6) is 0 Å². The van der Waals surface area contributed by atoms with Gasteiger partial charge in [0, 0.05) is 61.3 Å². The lowest BCUT2D eigenvalue weighted by atomic mass is 9.38. The second-order valence-corrected chi connectivity index (χ2v) is 21.7. The fourth-order valence-corrected chi connectivity index (χ4v) is 14.6. The number of carbonyl (C=O) groups excluding carboxylic acids is 8. The van der Waals surface area contributed by atoms with E-state index >= 15 is 8.78 Å². The number of carbonyl (C=O) groups is 9. The standard InChI is InChI=1S/C50H59F2N5O13/c1-45-14-13-30(59)16-33(45)34(51)17-32-31-15-28-21-56(26-49(28,37(61)22-58)46(31,2)19-36(60)50(32,45)52)29-5-3-27(4-6-29)18-47-23-48(24-47,25-47)55-44(69)35(7-11-42(66)67)54-39(63)20-53-38(62)8-12-43(68)70-57-40(64)9-10-41(57)65/h3-6,13-14,16,28,31-32,34-36,58,60H,7-12,15,17-26H2,1-2H3,(H,53,62)(H,54,63)(H,55,69)(H,66,67)/t28-,31-,32-,34-,35-,36-,45-,46-,47?,48?,49+,50-/m0/s1. The van der Waals surface area contributed by atoms with E-state index in [2.05, 4.69) is 20.9 Å². The van der Waals surface area contributed by atoms with Gasteiger partial charge in [-0.05, 0) is 116 Å². The minimum atomic E-state index is -2.27. The molecule has 2 heterocycles. The molecule has 1 aromatic rings. The summed E-state index contributed by atoms with van der Waals surface area (Å²) in [6.45, 7) is 2.83. The number of halogens is 2. The lowest BCUT2D eigenvalue weighted by molar-refractivity contribution is -0.210. The van der Waals surface area contributed by atoms with Crippen LogP contribution in [0.2, 0.25) is 0 Å². The molecule has 0 radical (unpaired) electrons. The number of nitrogens with one attached hydrogen (secondary N) is 3. The Morgan fingerprint density at radius 2 is 1.61 bits per heavy atom. The van der Waals surface area contributed by atoms with E-state index in [9.17, 15) is 58.5 Å². The van der Waals surface area contributed by atoms with Crippen LogP contribution in [0.4, 0.5) is 14.5 Å². The Labute approximate surface area is 401 Å². The van der Waals surface area contributed by atoms with Crippen LogP contribution >= 0.6 is 0 Å². The molecule has 70 heavy (non-hydrogen) atoms. The number of hydrogen-bond acceptors (Lipinski definition) is 13. The Bertz CT molecular complexity index is 2480. The summed E-state index contributed by atoms with van der Waals surface area (Å²) in [5.74, 6) is -8.04. The van der Waals surface area contributed by atoms with E-state index in [-0.39, 0.29) is 61.3 Å². The second-order valence-electron chi connectivity index (χ2n) is 21.7. The molecule has 1 aromatic carbocycles. The third kappa shape index (κ3) is 7.83. The molecule has 10 rings (SSSR count). The third-order valence-electron chi connectivity index (χ3n) is 17.7.